The smallest absolute Gasteiger partial charge is 0.195 e. The van der Waals surface area contributed by atoms with Crippen LogP contribution in [0.2, 0.25) is 0 Å². The summed E-state index contributed by atoms with van der Waals surface area (Å²) in [6, 6.07) is 0. The third kappa shape index (κ3) is 12.8. The fourth-order valence-electron chi connectivity index (χ4n) is 0.144. The fraction of sp³-hybridized carbons (Fsp3) is 0. The molecular formula is F2NaO7S3. The van der Waals surface area contributed by atoms with Crippen LogP contribution >= 0.6 is 0 Å². The molecule has 0 aromatic heterocycles. The van der Waals surface area contributed by atoms with Gasteiger partial charge in [0.15, 0.2) is 0 Å². The molecule has 1 radical (unpaired) electrons. The summed E-state index contributed by atoms with van der Waals surface area (Å²) in [6.45, 7) is 0. The maximum absolute atomic E-state index is 11.4. The Morgan fingerprint density at radius 3 is 1.31 bits per heavy atom. The molecule has 0 aliphatic carbocycles. The van der Waals surface area contributed by atoms with Crippen molar-refractivity contribution in [3.05, 3.63) is 0 Å². The maximum Gasteiger partial charge on any atom is 0.452 e. The van der Waals surface area contributed by atoms with Gasteiger partial charge >= 0.3 is 32.4 Å². The summed E-state index contributed by atoms with van der Waals surface area (Å²) in [6.07, 6.45) is 0. The molecule has 0 aromatic carbocycles. The molecule has 0 heterocycles. The Morgan fingerprint density at radius 1 is 0.923 bits per heavy atom. The number of rotatable bonds is 4. The standard InChI is InChI=1S/F2O7S3.Na/c1-11(4,5)8-10(3)9-12(2,6)7;. The molecule has 0 amide bonds. The Hall–Kier alpha value is 0.830. The first-order valence-electron chi connectivity index (χ1n) is 1.81. The van der Waals surface area contributed by atoms with Gasteiger partial charge in [0.05, 0.1) is 0 Å². The van der Waals surface area contributed by atoms with Crippen molar-refractivity contribution < 1.29 is 36.1 Å². The first-order chi connectivity index (χ1) is 5.10. The zero-order valence-electron chi connectivity index (χ0n) is 5.84. The van der Waals surface area contributed by atoms with Crippen LogP contribution in [0.15, 0.2) is 0 Å². The zero-order valence-corrected chi connectivity index (χ0v) is 10.3. The maximum atomic E-state index is 11.4. The number of halogens is 2. The van der Waals surface area contributed by atoms with E-state index in [1.54, 1.807) is 0 Å². The van der Waals surface area contributed by atoms with Gasteiger partial charge in [0.25, 0.3) is 0 Å². The third-order valence-corrected chi connectivity index (χ3v) is 2.46. The van der Waals surface area contributed by atoms with E-state index in [0.29, 0.717) is 0 Å². The van der Waals surface area contributed by atoms with Gasteiger partial charge in [-0.2, -0.15) is 21.0 Å². The molecule has 75 valence electrons. The molecule has 0 aromatic rings. The van der Waals surface area contributed by atoms with Crippen molar-refractivity contribution in [2.45, 2.75) is 0 Å². The predicted molar refractivity (Wildman–Crippen MR) is 36.1 cm³/mol. The molecular weight excluding hydrogens is 269 g/mol. The molecule has 13 heavy (non-hydrogen) atoms. The topological polar surface area (TPSA) is 104 Å². The Morgan fingerprint density at radius 2 is 1.15 bits per heavy atom. The molecule has 0 unspecified atom stereocenters. The van der Waals surface area contributed by atoms with Crippen molar-refractivity contribution in [1.82, 2.24) is 0 Å². The van der Waals surface area contributed by atoms with E-state index in [1.807, 2.05) is 0 Å². The van der Waals surface area contributed by atoms with E-state index in [-0.39, 0.29) is 29.6 Å². The second-order valence-corrected chi connectivity index (χ2v) is 4.20. The zero-order chi connectivity index (χ0) is 9.99. The molecule has 0 bridgehead atoms. The first kappa shape index (κ1) is 16.3. The van der Waals surface area contributed by atoms with Gasteiger partial charge in [0.1, 0.15) is 0 Å². The number of hydrogen-bond donors (Lipinski definition) is 0. The van der Waals surface area contributed by atoms with Gasteiger partial charge in [0, 0.05) is 29.6 Å². The molecule has 0 saturated carbocycles. The fourth-order valence-corrected chi connectivity index (χ4v) is 1.50. The van der Waals surface area contributed by atoms with Crippen LogP contribution in [0, 0.1) is 0 Å². The van der Waals surface area contributed by atoms with Gasteiger partial charge in [-0.15, -0.1) is 7.26 Å². The van der Waals surface area contributed by atoms with E-state index in [0.717, 1.165) is 0 Å². The second kappa shape index (κ2) is 5.65. The summed E-state index contributed by atoms with van der Waals surface area (Å²) >= 11 is -3.58. The summed E-state index contributed by atoms with van der Waals surface area (Å²) < 4.78 is 75.9. The van der Waals surface area contributed by atoms with Crippen LogP contribution in [0.25, 0.3) is 0 Å². The Kier molecular flexibility index (Phi) is 7.07. The van der Waals surface area contributed by atoms with E-state index in [1.165, 1.54) is 0 Å². The summed E-state index contributed by atoms with van der Waals surface area (Å²) in [5.74, 6) is 0. The molecule has 0 fully saturated rings. The molecule has 13 heteroatoms. The summed E-state index contributed by atoms with van der Waals surface area (Å²) in [4.78, 5) is 0. The predicted octanol–water partition coefficient (Wildman–Crippen LogP) is -1.35. The normalized spacial score (nSPS) is 12.5. The van der Waals surface area contributed by atoms with Crippen molar-refractivity contribution in [1.29, 1.82) is 0 Å². The Labute approximate surface area is 97.4 Å². The first-order valence-corrected chi connectivity index (χ1v) is 5.43. The van der Waals surface area contributed by atoms with E-state index in [2.05, 4.69) is 7.26 Å². The minimum absolute atomic E-state index is 0. The Balaban J connectivity index is 0. The van der Waals surface area contributed by atoms with Crippen LogP contribution in [0.1, 0.15) is 0 Å². The average Bonchev–Trinajstić information content (AvgIpc) is 1.49. The van der Waals surface area contributed by atoms with Gasteiger partial charge < -0.3 is 0 Å². The quantitative estimate of drug-likeness (QED) is 0.459. The summed E-state index contributed by atoms with van der Waals surface area (Å²) in [7, 11) is -11.3. The molecule has 7 nitrogen and oxygen atoms in total. The van der Waals surface area contributed by atoms with Crippen molar-refractivity contribution in [3.63, 3.8) is 0 Å². The molecule has 0 atom stereocenters. The van der Waals surface area contributed by atoms with Crippen LogP contribution in [0.4, 0.5) is 7.77 Å². The van der Waals surface area contributed by atoms with Crippen LogP contribution in [-0.2, 0) is 39.6 Å². The van der Waals surface area contributed by atoms with E-state index < -0.39 is 32.4 Å². The van der Waals surface area contributed by atoms with Gasteiger partial charge in [-0.1, -0.05) is 7.77 Å². The number of hydrogen-bond acceptors (Lipinski definition) is 7. The van der Waals surface area contributed by atoms with Gasteiger partial charge in [-0.25, -0.2) is 0 Å². The molecule has 0 N–H and O–H groups in total. The molecule has 0 aliphatic rings. The molecule has 0 aliphatic heterocycles. The summed E-state index contributed by atoms with van der Waals surface area (Å²) in [5.41, 5.74) is 0. The van der Waals surface area contributed by atoms with Crippen LogP contribution in [-0.4, -0.2) is 50.6 Å². The van der Waals surface area contributed by atoms with Gasteiger partial charge in [-0.3, -0.25) is 0 Å². The van der Waals surface area contributed by atoms with Crippen LogP contribution < -0.4 is 0 Å². The van der Waals surface area contributed by atoms with E-state index in [4.69, 9.17) is 0 Å². The average molecular weight is 269 g/mol. The van der Waals surface area contributed by atoms with Crippen molar-refractivity contribution in [2.24, 2.45) is 0 Å². The second-order valence-electron chi connectivity index (χ2n) is 1.13. The molecule has 0 saturated heterocycles. The SMILES string of the molecule is O=S(OS(=O)(=O)F)OS(=O)(=O)F.[Na]. The minimum Gasteiger partial charge on any atom is -0.195 e. The third-order valence-electron chi connectivity index (χ3n) is 0.274. The Bertz CT molecular complexity index is 329. The van der Waals surface area contributed by atoms with Crippen molar-refractivity contribution in [2.75, 3.05) is 0 Å². The largest absolute Gasteiger partial charge is 0.452 e. The van der Waals surface area contributed by atoms with Crippen molar-refractivity contribution in [3.8, 4) is 0 Å². The van der Waals surface area contributed by atoms with Crippen molar-refractivity contribution >= 4 is 61.9 Å². The van der Waals surface area contributed by atoms with Gasteiger partial charge in [0.2, 0.25) is 0 Å². The monoisotopic (exact) mass is 269 g/mol. The van der Waals surface area contributed by atoms with E-state index in [9.17, 15) is 28.8 Å². The van der Waals surface area contributed by atoms with Crippen LogP contribution in [0.5, 0.6) is 0 Å². The van der Waals surface area contributed by atoms with E-state index >= 15 is 0 Å². The minimum atomic E-state index is -5.65. The van der Waals surface area contributed by atoms with Gasteiger partial charge in [-0.05, 0) is 0 Å². The molecule has 0 rings (SSSR count). The summed E-state index contributed by atoms with van der Waals surface area (Å²) in [5, 5.41) is 0. The molecule has 0 spiro atoms. The van der Waals surface area contributed by atoms with Crippen LogP contribution in [0.3, 0.4) is 0 Å².